The van der Waals surface area contributed by atoms with Crippen LogP contribution in [0.25, 0.3) is 11.0 Å². The topological polar surface area (TPSA) is 56.1 Å². The highest BCUT2D eigenvalue weighted by Crippen LogP contribution is 2.60. The van der Waals surface area contributed by atoms with Crippen molar-refractivity contribution in [3.05, 3.63) is 59.4 Å². The molecule has 0 atom stereocenters. The van der Waals surface area contributed by atoms with Gasteiger partial charge in [-0.25, -0.2) is 4.98 Å². The minimum absolute atomic E-state index is 0.0834. The summed E-state index contributed by atoms with van der Waals surface area (Å²) in [6, 6.07) is 14.6. The standard InChI is InChI=1S/C31H39N3O2/c1-21-7-5-8-22(2)29(21)36-14-6-13-34-27-10-4-3-9-26(27)33-28(34)11-12-32-30(35)31-18-23-15-24(19-31)17-25(16-23)20-31/h3-5,7-10,23-25H,6,11-20H2,1-2H3,(H,32,35). The van der Waals surface area contributed by atoms with Crippen molar-refractivity contribution in [2.75, 3.05) is 13.2 Å². The Morgan fingerprint density at radius 1 is 1.00 bits per heavy atom. The average Bonchev–Trinajstić information content (AvgIpc) is 3.19. The van der Waals surface area contributed by atoms with Gasteiger partial charge in [-0.3, -0.25) is 4.79 Å². The molecule has 4 bridgehead atoms. The first-order valence-electron chi connectivity index (χ1n) is 13.9. The summed E-state index contributed by atoms with van der Waals surface area (Å²) in [5.41, 5.74) is 4.46. The monoisotopic (exact) mass is 485 g/mol. The molecule has 5 heteroatoms. The van der Waals surface area contributed by atoms with E-state index in [0.29, 0.717) is 19.1 Å². The van der Waals surface area contributed by atoms with Gasteiger partial charge < -0.3 is 14.6 Å². The first-order valence-corrected chi connectivity index (χ1v) is 13.9. The molecule has 5 nitrogen and oxygen atoms in total. The largest absolute Gasteiger partial charge is 0.493 e. The van der Waals surface area contributed by atoms with Crippen molar-refractivity contribution in [3.8, 4) is 5.75 Å². The Labute approximate surface area is 214 Å². The van der Waals surface area contributed by atoms with Gasteiger partial charge in [0.25, 0.3) is 0 Å². The number of amides is 1. The van der Waals surface area contributed by atoms with Crippen molar-refractivity contribution in [1.82, 2.24) is 14.9 Å². The zero-order valence-electron chi connectivity index (χ0n) is 21.8. The molecular formula is C31H39N3O2. The van der Waals surface area contributed by atoms with E-state index in [0.717, 1.165) is 79.0 Å². The zero-order chi connectivity index (χ0) is 24.7. The van der Waals surface area contributed by atoms with Gasteiger partial charge in [0.05, 0.1) is 17.6 Å². The van der Waals surface area contributed by atoms with E-state index in [4.69, 9.17) is 9.72 Å². The fourth-order valence-corrected chi connectivity index (χ4v) is 7.85. The molecule has 7 rings (SSSR count). The van der Waals surface area contributed by atoms with Crippen molar-refractivity contribution in [2.24, 2.45) is 23.2 Å². The summed E-state index contributed by atoms with van der Waals surface area (Å²) in [7, 11) is 0. The maximum atomic E-state index is 13.4. The molecule has 0 spiro atoms. The van der Waals surface area contributed by atoms with Crippen LogP contribution in [0.3, 0.4) is 0 Å². The molecule has 4 aliphatic carbocycles. The highest BCUT2D eigenvalue weighted by atomic mass is 16.5. The van der Waals surface area contributed by atoms with Crippen LogP contribution in [0.5, 0.6) is 5.75 Å². The quantitative estimate of drug-likeness (QED) is 0.378. The highest BCUT2D eigenvalue weighted by Gasteiger charge is 2.54. The summed E-state index contributed by atoms with van der Waals surface area (Å²) in [6.07, 6.45) is 9.10. The van der Waals surface area contributed by atoms with Gasteiger partial charge in [0.2, 0.25) is 5.91 Å². The number of fused-ring (bicyclic) bond motifs is 1. The molecular weight excluding hydrogens is 446 g/mol. The van der Waals surface area contributed by atoms with Crippen molar-refractivity contribution in [2.45, 2.75) is 71.8 Å². The number of imidazole rings is 1. The number of carbonyl (C=O) groups excluding carboxylic acids is 1. The van der Waals surface area contributed by atoms with E-state index < -0.39 is 0 Å². The molecule has 1 heterocycles. The molecule has 4 fully saturated rings. The van der Waals surface area contributed by atoms with Gasteiger partial charge in [0.15, 0.2) is 0 Å². The van der Waals surface area contributed by atoms with E-state index in [2.05, 4.69) is 60.1 Å². The molecule has 1 aromatic heterocycles. The van der Waals surface area contributed by atoms with Gasteiger partial charge in [-0.15, -0.1) is 0 Å². The van der Waals surface area contributed by atoms with Crippen molar-refractivity contribution < 1.29 is 9.53 Å². The van der Waals surface area contributed by atoms with E-state index >= 15 is 0 Å². The summed E-state index contributed by atoms with van der Waals surface area (Å²) in [5, 5.41) is 3.34. The summed E-state index contributed by atoms with van der Waals surface area (Å²) in [6.45, 7) is 6.37. The molecule has 4 aliphatic rings. The molecule has 0 aliphatic heterocycles. The van der Waals surface area contributed by atoms with E-state index in [1.165, 1.54) is 30.4 Å². The lowest BCUT2D eigenvalue weighted by atomic mass is 9.49. The molecule has 1 amide bonds. The maximum absolute atomic E-state index is 13.4. The number of para-hydroxylation sites is 3. The highest BCUT2D eigenvalue weighted by molar-refractivity contribution is 5.83. The van der Waals surface area contributed by atoms with Gasteiger partial charge >= 0.3 is 0 Å². The number of aryl methyl sites for hydroxylation is 3. The number of hydrogen-bond acceptors (Lipinski definition) is 3. The molecule has 36 heavy (non-hydrogen) atoms. The molecule has 190 valence electrons. The Hall–Kier alpha value is -2.82. The number of nitrogens with zero attached hydrogens (tertiary/aromatic N) is 2. The first kappa shape index (κ1) is 23.6. The Balaban J connectivity index is 1.09. The normalized spacial score (nSPS) is 26.4. The summed E-state index contributed by atoms with van der Waals surface area (Å²) in [4.78, 5) is 18.3. The number of carbonyl (C=O) groups is 1. The number of benzene rings is 2. The Morgan fingerprint density at radius 2 is 1.67 bits per heavy atom. The lowest BCUT2D eigenvalue weighted by molar-refractivity contribution is -0.146. The number of aromatic nitrogens is 2. The Bertz CT molecular complexity index is 1200. The number of rotatable bonds is 9. The molecule has 0 unspecified atom stereocenters. The Morgan fingerprint density at radius 3 is 2.36 bits per heavy atom. The third kappa shape index (κ3) is 4.42. The summed E-state index contributed by atoms with van der Waals surface area (Å²) >= 11 is 0. The molecule has 0 saturated heterocycles. The van der Waals surface area contributed by atoms with Gasteiger partial charge in [-0.1, -0.05) is 30.3 Å². The molecule has 4 saturated carbocycles. The smallest absolute Gasteiger partial charge is 0.226 e. The van der Waals surface area contributed by atoms with E-state index in [1.807, 2.05) is 6.07 Å². The van der Waals surface area contributed by atoms with Crippen LogP contribution in [0.1, 0.15) is 61.9 Å². The van der Waals surface area contributed by atoms with Gasteiger partial charge in [0.1, 0.15) is 11.6 Å². The SMILES string of the molecule is Cc1cccc(C)c1OCCCn1c(CCNC(=O)C23CC4CC(CC(C4)C2)C3)nc2ccccc21. The average molecular weight is 486 g/mol. The van der Waals surface area contributed by atoms with E-state index in [-0.39, 0.29) is 5.41 Å². The minimum atomic E-state index is -0.0834. The molecule has 2 aromatic carbocycles. The van der Waals surface area contributed by atoms with Crippen LogP contribution >= 0.6 is 0 Å². The van der Waals surface area contributed by atoms with Crippen LogP contribution in [0, 0.1) is 37.0 Å². The van der Waals surface area contributed by atoms with Crippen molar-refractivity contribution >= 4 is 16.9 Å². The predicted octanol–water partition coefficient (Wildman–Crippen LogP) is 6.00. The summed E-state index contributed by atoms with van der Waals surface area (Å²) in [5.74, 6) is 4.73. The van der Waals surface area contributed by atoms with Crippen LogP contribution in [0.15, 0.2) is 42.5 Å². The second-order valence-electron chi connectivity index (χ2n) is 11.8. The minimum Gasteiger partial charge on any atom is -0.493 e. The zero-order valence-corrected chi connectivity index (χ0v) is 21.8. The second kappa shape index (κ2) is 9.57. The van der Waals surface area contributed by atoms with Crippen LogP contribution in [-0.2, 0) is 17.8 Å². The lowest BCUT2D eigenvalue weighted by Crippen LogP contribution is -2.53. The van der Waals surface area contributed by atoms with Crippen molar-refractivity contribution in [3.63, 3.8) is 0 Å². The van der Waals surface area contributed by atoms with E-state index in [1.54, 1.807) is 0 Å². The Kier molecular flexibility index (Phi) is 6.27. The third-order valence-corrected chi connectivity index (χ3v) is 9.07. The maximum Gasteiger partial charge on any atom is 0.226 e. The molecule has 3 aromatic rings. The fraction of sp³-hybridized carbons (Fsp3) is 0.548. The first-order chi connectivity index (χ1) is 17.5. The lowest BCUT2D eigenvalue weighted by Gasteiger charge is -2.55. The van der Waals surface area contributed by atoms with Crippen LogP contribution in [-0.4, -0.2) is 28.6 Å². The van der Waals surface area contributed by atoms with Gasteiger partial charge in [-0.2, -0.15) is 0 Å². The number of nitrogens with one attached hydrogen (secondary N) is 1. The predicted molar refractivity (Wildman–Crippen MR) is 143 cm³/mol. The van der Waals surface area contributed by atoms with Gasteiger partial charge in [0, 0.05) is 24.9 Å². The third-order valence-electron chi connectivity index (χ3n) is 9.07. The number of ether oxygens (including phenoxy) is 1. The molecule has 0 radical (unpaired) electrons. The molecule has 1 N–H and O–H groups in total. The van der Waals surface area contributed by atoms with Gasteiger partial charge in [-0.05, 0) is 99.8 Å². The second-order valence-corrected chi connectivity index (χ2v) is 11.8. The summed E-state index contributed by atoms with van der Waals surface area (Å²) < 4.78 is 8.48. The van der Waals surface area contributed by atoms with Crippen LogP contribution in [0.2, 0.25) is 0 Å². The van der Waals surface area contributed by atoms with E-state index in [9.17, 15) is 4.79 Å². The van der Waals surface area contributed by atoms with Crippen LogP contribution < -0.4 is 10.1 Å². The fourth-order valence-electron chi connectivity index (χ4n) is 7.85. The van der Waals surface area contributed by atoms with Crippen LogP contribution in [0.4, 0.5) is 0 Å². The number of hydrogen-bond donors (Lipinski definition) is 1. The van der Waals surface area contributed by atoms with Crippen molar-refractivity contribution in [1.29, 1.82) is 0 Å².